The molecule has 0 N–H and O–H groups in total. The first-order chi connectivity index (χ1) is 9.68. The number of rotatable bonds is 1. The van der Waals surface area contributed by atoms with Crippen LogP contribution in [0.5, 0.6) is 0 Å². The molecule has 3 rings (SSSR count). The van der Waals surface area contributed by atoms with Gasteiger partial charge in [0.25, 0.3) is 5.91 Å². The number of morpholine rings is 1. The van der Waals surface area contributed by atoms with Gasteiger partial charge in [0, 0.05) is 6.54 Å². The zero-order valence-electron chi connectivity index (χ0n) is 11.1. The molecule has 1 aromatic carbocycles. The molecule has 0 aromatic heterocycles. The lowest BCUT2D eigenvalue weighted by Gasteiger charge is -2.43. The summed E-state index contributed by atoms with van der Waals surface area (Å²) < 4.78 is 19.7. The predicted molar refractivity (Wildman–Crippen MR) is 74.4 cm³/mol. The fourth-order valence-electron chi connectivity index (χ4n) is 3.19. The summed E-state index contributed by atoms with van der Waals surface area (Å²) >= 11 is 6.00. The normalized spacial score (nSPS) is 26.2. The van der Waals surface area contributed by atoms with Gasteiger partial charge in [-0.25, -0.2) is 4.39 Å². The van der Waals surface area contributed by atoms with E-state index in [2.05, 4.69) is 0 Å². The van der Waals surface area contributed by atoms with E-state index in [1.165, 1.54) is 12.1 Å². The lowest BCUT2D eigenvalue weighted by atomic mass is 9.89. The maximum atomic E-state index is 13.9. The van der Waals surface area contributed by atoms with Gasteiger partial charge in [-0.1, -0.05) is 30.5 Å². The van der Waals surface area contributed by atoms with E-state index in [0.717, 1.165) is 25.7 Å². The fourth-order valence-corrected chi connectivity index (χ4v) is 3.44. The second-order valence-electron chi connectivity index (χ2n) is 5.36. The molecule has 1 heterocycles. The Morgan fingerprint density at radius 1 is 1.35 bits per heavy atom. The van der Waals surface area contributed by atoms with Gasteiger partial charge in [-0.3, -0.25) is 4.79 Å². The first-order valence-corrected chi connectivity index (χ1v) is 7.43. The third-order valence-electron chi connectivity index (χ3n) is 4.17. The number of benzene rings is 1. The Labute approximate surface area is 122 Å². The van der Waals surface area contributed by atoms with E-state index in [-0.39, 0.29) is 28.6 Å². The van der Waals surface area contributed by atoms with Crippen LogP contribution in [0.25, 0.3) is 0 Å². The summed E-state index contributed by atoms with van der Waals surface area (Å²) in [6, 6.07) is 4.40. The molecule has 108 valence electrons. The van der Waals surface area contributed by atoms with Crippen molar-refractivity contribution >= 4 is 17.5 Å². The van der Waals surface area contributed by atoms with Crippen molar-refractivity contribution in [2.45, 2.75) is 37.8 Å². The summed E-state index contributed by atoms with van der Waals surface area (Å²) in [5.41, 5.74) is -0.0135. The molecular formula is C15H17ClFNO2. The van der Waals surface area contributed by atoms with Crippen LogP contribution in [0.15, 0.2) is 18.2 Å². The fraction of sp³-hybridized carbons (Fsp3) is 0.533. The van der Waals surface area contributed by atoms with Gasteiger partial charge in [0.05, 0.1) is 29.3 Å². The van der Waals surface area contributed by atoms with Crippen LogP contribution in [0.1, 0.15) is 36.0 Å². The molecule has 1 saturated carbocycles. The molecule has 20 heavy (non-hydrogen) atoms. The molecule has 0 spiro atoms. The van der Waals surface area contributed by atoms with Gasteiger partial charge >= 0.3 is 0 Å². The molecule has 1 aliphatic carbocycles. The predicted octanol–water partition coefficient (Wildman–Crippen LogP) is 3.26. The lowest BCUT2D eigenvalue weighted by Crippen LogP contribution is -2.55. The molecule has 1 aliphatic heterocycles. The monoisotopic (exact) mass is 297 g/mol. The molecule has 1 amide bonds. The Morgan fingerprint density at radius 2 is 2.15 bits per heavy atom. The lowest BCUT2D eigenvalue weighted by molar-refractivity contribution is -0.0753. The molecule has 1 saturated heterocycles. The highest BCUT2D eigenvalue weighted by Gasteiger charge is 2.38. The zero-order valence-corrected chi connectivity index (χ0v) is 11.9. The van der Waals surface area contributed by atoms with E-state index in [0.29, 0.717) is 13.2 Å². The molecule has 0 radical (unpaired) electrons. The van der Waals surface area contributed by atoms with Crippen molar-refractivity contribution < 1.29 is 13.9 Å². The summed E-state index contributed by atoms with van der Waals surface area (Å²) in [4.78, 5) is 14.4. The Morgan fingerprint density at radius 3 is 2.95 bits per heavy atom. The van der Waals surface area contributed by atoms with Gasteiger partial charge in [0.2, 0.25) is 0 Å². The molecule has 2 fully saturated rings. The summed E-state index contributed by atoms with van der Waals surface area (Å²) in [5.74, 6) is -0.866. The molecule has 0 unspecified atom stereocenters. The van der Waals surface area contributed by atoms with E-state index in [1.807, 2.05) is 0 Å². The van der Waals surface area contributed by atoms with Crippen molar-refractivity contribution in [3.05, 3.63) is 34.6 Å². The highest BCUT2D eigenvalue weighted by molar-refractivity contribution is 6.33. The van der Waals surface area contributed by atoms with Crippen molar-refractivity contribution in [2.24, 2.45) is 0 Å². The molecular weight excluding hydrogens is 281 g/mol. The van der Waals surface area contributed by atoms with E-state index < -0.39 is 5.82 Å². The maximum Gasteiger partial charge on any atom is 0.258 e. The van der Waals surface area contributed by atoms with Gasteiger partial charge in [-0.2, -0.15) is 0 Å². The smallest absolute Gasteiger partial charge is 0.258 e. The first kappa shape index (κ1) is 13.8. The number of amides is 1. The number of ether oxygens (including phenoxy) is 1. The Bertz CT molecular complexity index is 500. The molecule has 0 bridgehead atoms. The largest absolute Gasteiger partial charge is 0.374 e. The molecule has 3 nitrogen and oxygen atoms in total. The number of nitrogens with zero attached hydrogens (tertiary/aromatic N) is 1. The third-order valence-corrected chi connectivity index (χ3v) is 4.48. The second-order valence-corrected chi connectivity index (χ2v) is 5.76. The summed E-state index contributed by atoms with van der Waals surface area (Å²) in [5, 5.41) is 0.175. The highest BCUT2D eigenvalue weighted by atomic mass is 35.5. The van der Waals surface area contributed by atoms with Crippen molar-refractivity contribution in [2.75, 3.05) is 13.2 Å². The Balaban J connectivity index is 1.89. The number of hydrogen-bond donors (Lipinski definition) is 0. The van der Waals surface area contributed by atoms with Crippen LogP contribution in [-0.2, 0) is 4.74 Å². The van der Waals surface area contributed by atoms with Crippen LogP contribution in [0.3, 0.4) is 0 Å². The topological polar surface area (TPSA) is 29.5 Å². The van der Waals surface area contributed by atoms with Crippen LogP contribution >= 0.6 is 11.6 Å². The SMILES string of the molecule is O=C(c1c(F)cccc1Cl)N1CCO[C@H]2CCCC[C@H]21. The Kier molecular flexibility index (Phi) is 3.94. The van der Waals surface area contributed by atoms with Gasteiger partial charge in [-0.05, 0) is 25.0 Å². The van der Waals surface area contributed by atoms with E-state index in [9.17, 15) is 9.18 Å². The average molecular weight is 298 g/mol. The van der Waals surface area contributed by atoms with Gasteiger partial charge in [-0.15, -0.1) is 0 Å². The van der Waals surface area contributed by atoms with Crippen molar-refractivity contribution in [3.63, 3.8) is 0 Å². The Hall–Kier alpha value is -1.13. The number of carbonyl (C=O) groups is 1. The maximum absolute atomic E-state index is 13.9. The number of carbonyl (C=O) groups excluding carboxylic acids is 1. The minimum atomic E-state index is -0.554. The minimum absolute atomic E-state index is 0.0135. The first-order valence-electron chi connectivity index (χ1n) is 7.05. The molecule has 1 aromatic rings. The van der Waals surface area contributed by atoms with Gasteiger partial charge in [0.15, 0.2) is 0 Å². The highest BCUT2D eigenvalue weighted by Crippen LogP contribution is 2.31. The zero-order chi connectivity index (χ0) is 14.1. The quantitative estimate of drug-likeness (QED) is 0.796. The molecule has 2 atom stereocenters. The van der Waals surface area contributed by atoms with E-state index >= 15 is 0 Å². The van der Waals surface area contributed by atoms with Gasteiger partial charge < -0.3 is 9.64 Å². The van der Waals surface area contributed by atoms with Crippen LogP contribution in [0.4, 0.5) is 4.39 Å². The average Bonchev–Trinajstić information content (AvgIpc) is 2.46. The summed E-state index contributed by atoms with van der Waals surface area (Å²) in [6.07, 6.45) is 4.19. The van der Waals surface area contributed by atoms with Crippen LogP contribution in [0, 0.1) is 5.82 Å². The summed E-state index contributed by atoms with van der Waals surface area (Å²) in [6.45, 7) is 1.02. The van der Waals surface area contributed by atoms with Crippen LogP contribution in [-0.4, -0.2) is 36.1 Å². The van der Waals surface area contributed by atoms with Gasteiger partial charge in [0.1, 0.15) is 5.82 Å². The van der Waals surface area contributed by atoms with Crippen molar-refractivity contribution in [1.82, 2.24) is 4.90 Å². The standard InChI is InChI=1S/C15H17ClFNO2/c16-10-4-3-5-11(17)14(10)15(19)18-8-9-20-13-7-2-1-6-12(13)18/h3-5,12-13H,1-2,6-9H2/t12-,13+/m1/s1. The van der Waals surface area contributed by atoms with E-state index in [1.54, 1.807) is 11.0 Å². The number of halogens is 2. The van der Waals surface area contributed by atoms with E-state index in [4.69, 9.17) is 16.3 Å². The summed E-state index contributed by atoms with van der Waals surface area (Å²) in [7, 11) is 0. The van der Waals surface area contributed by atoms with Crippen molar-refractivity contribution in [1.29, 1.82) is 0 Å². The molecule has 2 aliphatic rings. The van der Waals surface area contributed by atoms with Crippen LogP contribution < -0.4 is 0 Å². The van der Waals surface area contributed by atoms with Crippen LogP contribution in [0.2, 0.25) is 5.02 Å². The third kappa shape index (κ3) is 2.42. The second kappa shape index (κ2) is 5.70. The number of hydrogen-bond acceptors (Lipinski definition) is 2. The number of fused-ring (bicyclic) bond motifs is 1. The minimum Gasteiger partial charge on any atom is -0.374 e. The van der Waals surface area contributed by atoms with Crippen molar-refractivity contribution in [3.8, 4) is 0 Å². The molecule has 5 heteroatoms.